The highest BCUT2D eigenvalue weighted by atomic mass is 16.3. The number of hydrogen-bond donors (Lipinski definition) is 2. The van der Waals surface area contributed by atoms with E-state index in [1.54, 1.807) is 26.0 Å². The predicted octanol–water partition coefficient (Wildman–Crippen LogP) is 4.75. The topological polar surface area (TPSA) is 67.2 Å². The lowest BCUT2D eigenvalue weighted by Gasteiger charge is -2.36. The second-order valence-electron chi connectivity index (χ2n) is 10.3. The molecule has 0 aliphatic heterocycles. The normalized spacial score (nSPS) is 17.0. The molecule has 4 rings (SSSR count). The lowest BCUT2D eigenvalue weighted by Crippen LogP contribution is -2.36. The molecule has 0 fully saturated rings. The molecule has 1 aliphatic rings. The Bertz CT molecular complexity index is 1230. The number of carbonyl (C=O) groups excluding carboxylic acids is 1. The third-order valence-electron chi connectivity index (χ3n) is 5.90. The van der Waals surface area contributed by atoms with Crippen molar-refractivity contribution in [2.24, 2.45) is 5.41 Å². The molecule has 33 heavy (non-hydrogen) atoms. The van der Waals surface area contributed by atoms with Crippen molar-refractivity contribution in [3.8, 4) is 17.5 Å². The molecule has 1 heterocycles. The molecule has 1 aliphatic carbocycles. The summed E-state index contributed by atoms with van der Waals surface area (Å²) in [6, 6.07) is 15.4. The number of nitrogens with one attached hydrogen (secondary N) is 1. The van der Waals surface area contributed by atoms with Gasteiger partial charge in [-0.2, -0.15) is 5.10 Å². The number of benzene rings is 2. The molecule has 1 amide bonds. The van der Waals surface area contributed by atoms with Crippen molar-refractivity contribution in [2.45, 2.75) is 59.1 Å². The molecule has 0 radical (unpaired) electrons. The Morgan fingerprint density at radius 2 is 1.94 bits per heavy atom. The zero-order chi connectivity index (χ0) is 23.8. The first-order chi connectivity index (χ1) is 15.5. The number of aromatic nitrogens is 2. The molecule has 2 N–H and O–H groups in total. The molecule has 1 unspecified atom stereocenters. The number of aliphatic hydroxyl groups is 1. The molecule has 1 atom stereocenters. The number of carbonyl (C=O) groups is 1. The maximum absolute atomic E-state index is 13.2. The number of rotatable bonds is 3. The highest BCUT2D eigenvalue weighted by molar-refractivity contribution is 5.94. The van der Waals surface area contributed by atoms with Crippen molar-refractivity contribution in [1.29, 1.82) is 0 Å². The van der Waals surface area contributed by atoms with Gasteiger partial charge in [0.25, 0.3) is 5.91 Å². The summed E-state index contributed by atoms with van der Waals surface area (Å²) in [6.45, 7) is 9.80. The van der Waals surface area contributed by atoms with Gasteiger partial charge >= 0.3 is 0 Å². The molecule has 5 nitrogen and oxygen atoms in total. The summed E-state index contributed by atoms with van der Waals surface area (Å²) in [6.07, 6.45) is 3.62. The van der Waals surface area contributed by atoms with Gasteiger partial charge < -0.3 is 10.4 Å². The van der Waals surface area contributed by atoms with Gasteiger partial charge in [0.15, 0.2) is 0 Å². The van der Waals surface area contributed by atoms with Crippen LogP contribution in [0.1, 0.15) is 72.9 Å². The Hall–Kier alpha value is -3.36. The standard InChI is InChI=1S/C28H31N3O2/c1-19-9-11-22(12-10-19)31-25-17-27(2,3)16-24(23(25)18-29-31)30-26(32)21-8-6-7-20(15-21)13-14-28(4,5)33/h6-12,15,18,24,33H,16-17H2,1-5H3,(H,30,32). The lowest BCUT2D eigenvalue weighted by atomic mass is 9.74. The number of hydrogen-bond acceptors (Lipinski definition) is 3. The van der Waals surface area contributed by atoms with Crippen molar-refractivity contribution < 1.29 is 9.90 Å². The summed E-state index contributed by atoms with van der Waals surface area (Å²) in [4.78, 5) is 13.2. The van der Waals surface area contributed by atoms with Crippen LogP contribution < -0.4 is 5.32 Å². The van der Waals surface area contributed by atoms with Crippen LogP contribution >= 0.6 is 0 Å². The molecule has 0 spiro atoms. The van der Waals surface area contributed by atoms with Crippen LogP contribution in [-0.4, -0.2) is 26.4 Å². The van der Waals surface area contributed by atoms with Crippen molar-refractivity contribution in [2.75, 3.05) is 0 Å². The minimum absolute atomic E-state index is 0.0213. The Balaban J connectivity index is 1.61. The van der Waals surface area contributed by atoms with Crippen molar-refractivity contribution in [1.82, 2.24) is 15.1 Å². The van der Waals surface area contributed by atoms with E-state index in [9.17, 15) is 9.90 Å². The van der Waals surface area contributed by atoms with Gasteiger partial charge in [0.2, 0.25) is 0 Å². The quantitative estimate of drug-likeness (QED) is 0.577. The van der Waals surface area contributed by atoms with Crippen LogP contribution in [0.4, 0.5) is 0 Å². The van der Waals surface area contributed by atoms with E-state index < -0.39 is 5.60 Å². The summed E-state index contributed by atoms with van der Waals surface area (Å²) < 4.78 is 2.00. The van der Waals surface area contributed by atoms with Gasteiger partial charge in [0, 0.05) is 16.7 Å². The van der Waals surface area contributed by atoms with Crippen LogP contribution in [0.3, 0.4) is 0 Å². The number of fused-ring (bicyclic) bond motifs is 1. The molecule has 0 saturated carbocycles. The first-order valence-electron chi connectivity index (χ1n) is 11.3. The van der Waals surface area contributed by atoms with Crippen LogP contribution in [0.25, 0.3) is 5.69 Å². The zero-order valence-electron chi connectivity index (χ0n) is 19.9. The average Bonchev–Trinajstić information content (AvgIpc) is 3.15. The molecule has 0 bridgehead atoms. The van der Waals surface area contributed by atoms with E-state index in [0.717, 1.165) is 29.8 Å². The summed E-state index contributed by atoms with van der Waals surface area (Å²) in [5.41, 5.74) is 4.64. The van der Waals surface area contributed by atoms with E-state index in [1.807, 2.05) is 23.0 Å². The second-order valence-corrected chi connectivity index (χ2v) is 10.3. The summed E-state index contributed by atoms with van der Waals surface area (Å²) in [5, 5.41) is 17.8. The fraction of sp³-hybridized carbons (Fsp3) is 0.357. The van der Waals surface area contributed by atoms with E-state index >= 15 is 0 Å². The summed E-state index contributed by atoms with van der Waals surface area (Å²) >= 11 is 0. The Kier molecular flexibility index (Phi) is 5.90. The molecule has 0 saturated heterocycles. The first-order valence-corrected chi connectivity index (χ1v) is 11.3. The molecule has 1 aromatic heterocycles. The predicted molar refractivity (Wildman–Crippen MR) is 130 cm³/mol. The molecule has 3 aromatic rings. The Labute approximate surface area is 195 Å². The molecule has 2 aromatic carbocycles. The van der Waals surface area contributed by atoms with Crippen LogP contribution in [-0.2, 0) is 6.42 Å². The third kappa shape index (κ3) is 5.35. The van der Waals surface area contributed by atoms with Crippen LogP contribution in [0.15, 0.2) is 54.7 Å². The largest absolute Gasteiger partial charge is 0.378 e. The minimum atomic E-state index is -1.08. The van der Waals surface area contributed by atoms with Crippen LogP contribution in [0.2, 0.25) is 0 Å². The highest BCUT2D eigenvalue weighted by Crippen LogP contribution is 2.41. The van der Waals surface area contributed by atoms with E-state index in [2.05, 4.69) is 67.3 Å². The van der Waals surface area contributed by atoms with Gasteiger partial charge in [-0.05, 0) is 69.4 Å². The lowest BCUT2D eigenvalue weighted by molar-refractivity contribution is 0.0919. The number of aryl methyl sites for hydroxylation is 1. The smallest absolute Gasteiger partial charge is 0.251 e. The van der Waals surface area contributed by atoms with Gasteiger partial charge in [-0.25, -0.2) is 4.68 Å². The van der Waals surface area contributed by atoms with Crippen LogP contribution in [0.5, 0.6) is 0 Å². The van der Waals surface area contributed by atoms with Crippen LogP contribution in [0, 0.1) is 24.2 Å². The summed E-state index contributed by atoms with van der Waals surface area (Å²) in [7, 11) is 0. The maximum atomic E-state index is 13.2. The van der Waals surface area contributed by atoms with E-state index in [1.165, 1.54) is 5.56 Å². The van der Waals surface area contributed by atoms with Gasteiger partial charge in [0.05, 0.1) is 23.6 Å². The summed E-state index contributed by atoms with van der Waals surface area (Å²) in [5.74, 6) is 5.60. The fourth-order valence-corrected chi connectivity index (χ4v) is 4.28. The Morgan fingerprint density at radius 1 is 1.21 bits per heavy atom. The van der Waals surface area contributed by atoms with E-state index in [-0.39, 0.29) is 17.4 Å². The SMILES string of the molecule is Cc1ccc(-n2ncc3c2CC(C)(C)CC3NC(=O)c2cccc(C#CC(C)(C)O)c2)cc1. The number of amides is 1. The number of nitrogens with zero attached hydrogens (tertiary/aromatic N) is 2. The van der Waals surface area contributed by atoms with Gasteiger partial charge in [0.1, 0.15) is 5.60 Å². The minimum Gasteiger partial charge on any atom is -0.378 e. The molecular formula is C28H31N3O2. The molecular weight excluding hydrogens is 410 g/mol. The van der Waals surface area contributed by atoms with Crippen molar-refractivity contribution >= 4 is 5.91 Å². The van der Waals surface area contributed by atoms with E-state index in [4.69, 9.17) is 0 Å². The maximum Gasteiger partial charge on any atom is 0.251 e. The molecule has 170 valence electrons. The van der Waals surface area contributed by atoms with Crippen molar-refractivity contribution in [3.63, 3.8) is 0 Å². The van der Waals surface area contributed by atoms with Gasteiger partial charge in [-0.3, -0.25) is 4.79 Å². The monoisotopic (exact) mass is 441 g/mol. The van der Waals surface area contributed by atoms with Gasteiger partial charge in [-0.15, -0.1) is 0 Å². The third-order valence-corrected chi connectivity index (χ3v) is 5.90. The van der Waals surface area contributed by atoms with Crippen molar-refractivity contribution in [3.05, 3.63) is 82.7 Å². The van der Waals surface area contributed by atoms with Gasteiger partial charge in [-0.1, -0.05) is 49.5 Å². The first kappa shape index (κ1) is 22.8. The zero-order valence-corrected chi connectivity index (χ0v) is 19.9. The second kappa shape index (κ2) is 8.53. The fourth-order valence-electron chi connectivity index (χ4n) is 4.28. The average molecular weight is 442 g/mol. The highest BCUT2D eigenvalue weighted by Gasteiger charge is 2.36. The molecule has 5 heteroatoms. The van der Waals surface area contributed by atoms with E-state index in [0.29, 0.717) is 11.1 Å². The Morgan fingerprint density at radius 3 is 2.64 bits per heavy atom.